The van der Waals surface area contributed by atoms with Gasteiger partial charge in [-0.1, -0.05) is 13.8 Å². The molecule has 96 valence electrons. The maximum atomic E-state index is 5.39. The second kappa shape index (κ2) is 7.29. The molecule has 4 atom stereocenters. The van der Waals surface area contributed by atoms with Gasteiger partial charge in [0.1, 0.15) is 0 Å². The highest BCUT2D eigenvalue weighted by Gasteiger charge is 2.14. The van der Waals surface area contributed by atoms with E-state index in [0.717, 1.165) is 25.0 Å². The van der Waals surface area contributed by atoms with E-state index in [0.29, 0.717) is 12.2 Å². The van der Waals surface area contributed by atoms with Crippen molar-refractivity contribution in [3.05, 3.63) is 0 Å². The van der Waals surface area contributed by atoms with Gasteiger partial charge >= 0.3 is 0 Å². The third kappa shape index (κ3) is 5.86. The summed E-state index contributed by atoms with van der Waals surface area (Å²) in [5.74, 6) is 1.59. The van der Waals surface area contributed by atoms with Crippen LogP contribution in [0.25, 0.3) is 0 Å². The third-order valence-corrected chi connectivity index (χ3v) is 3.46. The molecule has 2 heteroatoms. The van der Waals surface area contributed by atoms with E-state index < -0.39 is 0 Å². The Kier molecular flexibility index (Phi) is 6.37. The maximum absolute atomic E-state index is 5.39. The van der Waals surface area contributed by atoms with E-state index in [-0.39, 0.29) is 0 Å². The molecule has 2 aliphatic heterocycles. The molecule has 16 heavy (non-hydrogen) atoms. The lowest BCUT2D eigenvalue weighted by molar-refractivity contribution is 0.000174. The van der Waals surface area contributed by atoms with Crippen molar-refractivity contribution >= 4 is 0 Å². The number of ether oxygens (including phenoxy) is 2. The van der Waals surface area contributed by atoms with Crippen LogP contribution in [0.1, 0.15) is 53.4 Å². The molecule has 0 bridgehead atoms. The first kappa shape index (κ1) is 14.0. The Morgan fingerprint density at radius 2 is 1.00 bits per heavy atom. The molecule has 0 aliphatic carbocycles. The van der Waals surface area contributed by atoms with Crippen LogP contribution in [-0.2, 0) is 9.47 Å². The van der Waals surface area contributed by atoms with Gasteiger partial charge in [-0.15, -0.1) is 0 Å². The van der Waals surface area contributed by atoms with E-state index in [4.69, 9.17) is 9.47 Å². The SMILES string of the molecule is CC1CCC(C)OC1.CC1CCC(C)OC1. The molecule has 0 amide bonds. The monoisotopic (exact) mass is 228 g/mol. The first-order valence-electron chi connectivity index (χ1n) is 6.81. The third-order valence-electron chi connectivity index (χ3n) is 3.46. The van der Waals surface area contributed by atoms with Gasteiger partial charge < -0.3 is 9.47 Å². The first-order valence-corrected chi connectivity index (χ1v) is 6.81. The molecule has 0 spiro atoms. The smallest absolute Gasteiger partial charge is 0.0547 e. The number of rotatable bonds is 0. The minimum Gasteiger partial charge on any atom is -0.378 e. The van der Waals surface area contributed by atoms with Crippen molar-refractivity contribution in [1.82, 2.24) is 0 Å². The highest BCUT2D eigenvalue weighted by Crippen LogP contribution is 2.17. The van der Waals surface area contributed by atoms with E-state index in [2.05, 4.69) is 27.7 Å². The van der Waals surface area contributed by atoms with Crippen molar-refractivity contribution in [1.29, 1.82) is 0 Å². The molecule has 0 N–H and O–H groups in total. The van der Waals surface area contributed by atoms with E-state index in [1.54, 1.807) is 0 Å². The van der Waals surface area contributed by atoms with Gasteiger partial charge in [-0.05, 0) is 51.4 Å². The van der Waals surface area contributed by atoms with Gasteiger partial charge in [0.25, 0.3) is 0 Å². The molecule has 2 aliphatic rings. The van der Waals surface area contributed by atoms with Crippen LogP contribution in [0, 0.1) is 11.8 Å². The summed E-state index contributed by atoms with van der Waals surface area (Å²) >= 11 is 0. The zero-order valence-corrected chi connectivity index (χ0v) is 11.4. The van der Waals surface area contributed by atoms with Crippen molar-refractivity contribution < 1.29 is 9.47 Å². The minimum atomic E-state index is 0.520. The van der Waals surface area contributed by atoms with Gasteiger partial charge in [-0.3, -0.25) is 0 Å². The molecular formula is C14H28O2. The number of hydrogen-bond acceptors (Lipinski definition) is 2. The zero-order valence-electron chi connectivity index (χ0n) is 11.4. The lowest BCUT2D eigenvalue weighted by Crippen LogP contribution is -2.21. The Labute approximate surface area is 101 Å². The average molecular weight is 228 g/mol. The van der Waals surface area contributed by atoms with Crippen LogP contribution in [0.3, 0.4) is 0 Å². The minimum absolute atomic E-state index is 0.520. The first-order chi connectivity index (χ1) is 7.58. The highest BCUT2D eigenvalue weighted by molar-refractivity contribution is 4.63. The fourth-order valence-electron chi connectivity index (χ4n) is 2.03. The van der Waals surface area contributed by atoms with Gasteiger partial charge in [0.2, 0.25) is 0 Å². The van der Waals surface area contributed by atoms with Crippen LogP contribution in [0.5, 0.6) is 0 Å². The van der Waals surface area contributed by atoms with E-state index in [1.807, 2.05) is 0 Å². The predicted molar refractivity (Wildman–Crippen MR) is 67.6 cm³/mol. The molecule has 0 saturated carbocycles. The summed E-state index contributed by atoms with van der Waals surface area (Å²) in [6.45, 7) is 10.7. The summed E-state index contributed by atoms with van der Waals surface area (Å²) < 4.78 is 10.8. The summed E-state index contributed by atoms with van der Waals surface area (Å²) in [5, 5.41) is 0. The summed E-state index contributed by atoms with van der Waals surface area (Å²) in [6.07, 6.45) is 6.24. The van der Waals surface area contributed by atoms with E-state index in [9.17, 15) is 0 Å². The van der Waals surface area contributed by atoms with Crippen molar-refractivity contribution in [2.75, 3.05) is 13.2 Å². The second-order valence-electron chi connectivity index (χ2n) is 5.65. The number of hydrogen-bond donors (Lipinski definition) is 0. The Morgan fingerprint density at radius 3 is 1.19 bits per heavy atom. The Hall–Kier alpha value is -0.0800. The molecule has 4 unspecified atom stereocenters. The molecule has 0 aromatic heterocycles. The van der Waals surface area contributed by atoms with E-state index >= 15 is 0 Å². The normalized spacial score (nSPS) is 39.8. The van der Waals surface area contributed by atoms with Crippen molar-refractivity contribution in [2.24, 2.45) is 11.8 Å². The fourth-order valence-corrected chi connectivity index (χ4v) is 2.03. The Morgan fingerprint density at radius 1 is 0.625 bits per heavy atom. The average Bonchev–Trinajstić information content (AvgIpc) is 2.28. The molecule has 2 rings (SSSR count). The van der Waals surface area contributed by atoms with Crippen molar-refractivity contribution in [3.8, 4) is 0 Å². The predicted octanol–water partition coefficient (Wildman–Crippen LogP) is 3.64. The largest absolute Gasteiger partial charge is 0.378 e. The lowest BCUT2D eigenvalue weighted by atomic mass is 10.0. The van der Waals surface area contributed by atoms with Gasteiger partial charge in [-0.2, -0.15) is 0 Å². The lowest BCUT2D eigenvalue weighted by Gasteiger charge is -2.23. The molecule has 2 saturated heterocycles. The maximum Gasteiger partial charge on any atom is 0.0547 e. The molecule has 2 heterocycles. The van der Waals surface area contributed by atoms with Crippen LogP contribution < -0.4 is 0 Å². The fraction of sp³-hybridized carbons (Fsp3) is 1.00. The summed E-state index contributed by atoms with van der Waals surface area (Å²) in [5.41, 5.74) is 0. The molecule has 0 radical (unpaired) electrons. The molecule has 2 nitrogen and oxygen atoms in total. The second-order valence-corrected chi connectivity index (χ2v) is 5.65. The van der Waals surface area contributed by atoms with Gasteiger partial charge in [-0.25, -0.2) is 0 Å². The van der Waals surface area contributed by atoms with Crippen molar-refractivity contribution in [2.45, 2.75) is 65.6 Å². The molecular weight excluding hydrogens is 200 g/mol. The summed E-state index contributed by atoms with van der Waals surface area (Å²) in [6, 6.07) is 0. The highest BCUT2D eigenvalue weighted by atomic mass is 16.5. The van der Waals surface area contributed by atoms with Gasteiger partial charge in [0.05, 0.1) is 12.2 Å². The molecule has 0 aromatic rings. The quantitative estimate of drug-likeness (QED) is 0.630. The zero-order chi connectivity index (χ0) is 12.0. The summed E-state index contributed by atoms with van der Waals surface area (Å²) in [7, 11) is 0. The van der Waals surface area contributed by atoms with E-state index in [1.165, 1.54) is 25.7 Å². The van der Waals surface area contributed by atoms with Crippen LogP contribution in [0.4, 0.5) is 0 Å². The van der Waals surface area contributed by atoms with Gasteiger partial charge in [0.15, 0.2) is 0 Å². The van der Waals surface area contributed by atoms with Crippen molar-refractivity contribution in [3.63, 3.8) is 0 Å². The Bertz CT molecular complexity index is 126. The molecule has 0 aromatic carbocycles. The van der Waals surface area contributed by atoms with Crippen LogP contribution in [0.2, 0.25) is 0 Å². The molecule has 2 fully saturated rings. The van der Waals surface area contributed by atoms with Crippen LogP contribution in [0.15, 0.2) is 0 Å². The topological polar surface area (TPSA) is 18.5 Å². The van der Waals surface area contributed by atoms with Crippen LogP contribution in [-0.4, -0.2) is 25.4 Å². The Balaban J connectivity index is 0.000000160. The summed E-state index contributed by atoms with van der Waals surface area (Å²) in [4.78, 5) is 0. The van der Waals surface area contributed by atoms with Crippen LogP contribution >= 0.6 is 0 Å². The van der Waals surface area contributed by atoms with Gasteiger partial charge in [0, 0.05) is 13.2 Å². The standard InChI is InChI=1S/2C7H14O/c2*1-6-3-4-7(2)8-5-6/h2*6-7H,3-5H2,1-2H3.